The van der Waals surface area contributed by atoms with Gasteiger partial charge in [-0.05, 0) is 47.7 Å². The molecule has 0 saturated heterocycles. The van der Waals surface area contributed by atoms with E-state index < -0.39 is 10.0 Å². The number of aryl methyl sites for hydroxylation is 1. The van der Waals surface area contributed by atoms with Crippen molar-refractivity contribution in [1.82, 2.24) is 0 Å². The van der Waals surface area contributed by atoms with Crippen LogP contribution in [-0.2, 0) is 16.4 Å². The van der Waals surface area contributed by atoms with Crippen molar-refractivity contribution in [3.8, 4) is 21.6 Å². The summed E-state index contributed by atoms with van der Waals surface area (Å²) >= 11 is 1.50. The highest BCUT2D eigenvalue weighted by molar-refractivity contribution is 7.89. The maximum absolute atomic E-state index is 12.6. The van der Waals surface area contributed by atoms with Crippen LogP contribution in [0.1, 0.15) is 41.1 Å². The van der Waals surface area contributed by atoms with Gasteiger partial charge in [-0.15, -0.1) is 11.3 Å². The third-order valence-electron chi connectivity index (χ3n) is 4.82. The molecule has 28 heavy (non-hydrogen) atoms. The topological polar surface area (TPSA) is 77.2 Å². The highest BCUT2D eigenvalue weighted by Gasteiger charge is 2.22. The van der Waals surface area contributed by atoms with E-state index in [9.17, 15) is 13.2 Å². The molecule has 0 saturated carbocycles. The van der Waals surface area contributed by atoms with Gasteiger partial charge < -0.3 is 0 Å². The molecule has 0 fully saturated rings. The van der Waals surface area contributed by atoms with Crippen molar-refractivity contribution in [3.63, 3.8) is 0 Å². The van der Waals surface area contributed by atoms with E-state index in [4.69, 9.17) is 5.14 Å². The number of carbonyl (C=O) groups excluding carboxylic acids is 1. The highest BCUT2D eigenvalue weighted by atomic mass is 32.2. The molecule has 146 valence electrons. The zero-order valence-electron chi connectivity index (χ0n) is 16.2. The Kier molecular flexibility index (Phi) is 5.84. The Morgan fingerprint density at radius 3 is 2.04 bits per heavy atom. The molecule has 0 bridgehead atoms. The number of hydrogen-bond donors (Lipinski definition) is 1. The third kappa shape index (κ3) is 3.94. The molecule has 0 aliphatic rings. The molecule has 0 radical (unpaired) electrons. The predicted octanol–water partition coefficient (Wildman–Crippen LogP) is 5.19. The Hall–Kier alpha value is -2.28. The number of hydrogen-bond acceptors (Lipinski definition) is 4. The quantitative estimate of drug-likeness (QED) is 0.565. The number of ketones is 1. The molecule has 1 aromatic heterocycles. The lowest BCUT2D eigenvalue weighted by Gasteiger charge is -2.07. The van der Waals surface area contributed by atoms with Crippen LogP contribution in [0.2, 0.25) is 0 Å². The predicted molar refractivity (Wildman–Crippen MR) is 115 cm³/mol. The first kappa shape index (κ1) is 20.5. The molecular weight excluding hydrogens is 390 g/mol. The summed E-state index contributed by atoms with van der Waals surface area (Å²) in [6, 6.07) is 14.8. The summed E-state index contributed by atoms with van der Waals surface area (Å²) in [6.45, 7) is 5.97. The monoisotopic (exact) mass is 413 g/mol. The fourth-order valence-electron chi connectivity index (χ4n) is 3.20. The lowest BCUT2D eigenvalue weighted by atomic mass is 9.97. The van der Waals surface area contributed by atoms with Crippen molar-refractivity contribution < 1.29 is 13.2 Å². The highest BCUT2D eigenvalue weighted by Crippen LogP contribution is 2.42. The molecule has 6 heteroatoms. The molecule has 0 atom stereocenters. The minimum Gasteiger partial charge on any atom is -0.293 e. The van der Waals surface area contributed by atoms with Gasteiger partial charge in [0.1, 0.15) is 0 Å². The standard InChI is InChI=1S/C22H23NO3S2/c1-4-15-6-8-17(9-7-15)21-14(3)20(22(27-21)19(24)5-2)16-10-12-18(13-11-16)28(23,25)26/h6-13H,4-5H2,1-3H3,(H2,23,25,26). The van der Waals surface area contributed by atoms with Crippen LogP contribution in [0.15, 0.2) is 53.4 Å². The number of sulfonamides is 1. The van der Waals surface area contributed by atoms with E-state index in [1.54, 1.807) is 12.1 Å². The first-order chi connectivity index (χ1) is 13.3. The van der Waals surface area contributed by atoms with Crippen molar-refractivity contribution >= 4 is 27.1 Å². The molecule has 3 aromatic rings. The minimum absolute atomic E-state index is 0.0582. The van der Waals surface area contributed by atoms with E-state index in [1.165, 1.54) is 29.0 Å². The van der Waals surface area contributed by atoms with Gasteiger partial charge in [-0.25, -0.2) is 13.6 Å². The smallest absolute Gasteiger partial charge is 0.238 e. The molecule has 1 heterocycles. The van der Waals surface area contributed by atoms with Gasteiger partial charge in [-0.1, -0.05) is 50.2 Å². The molecule has 2 aromatic carbocycles. The second kappa shape index (κ2) is 7.99. The molecule has 0 amide bonds. The summed E-state index contributed by atoms with van der Waals surface area (Å²) in [4.78, 5) is 14.5. The van der Waals surface area contributed by atoms with Crippen LogP contribution in [0, 0.1) is 6.92 Å². The summed E-state index contributed by atoms with van der Waals surface area (Å²) < 4.78 is 23.1. The summed E-state index contributed by atoms with van der Waals surface area (Å²) in [7, 11) is -3.75. The summed E-state index contributed by atoms with van der Waals surface area (Å²) in [5, 5.41) is 5.20. The lowest BCUT2D eigenvalue weighted by molar-refractivity contribution is 0.0992. The van der Waals surface area contributed by atoms with E-state index in [2.05, 4.69) is 31.2 Å². The van der Waals surface area contributed by atoms with Crippen LogP contribution in [0.4, 0.5) is 0 Å². The van der Waals surface area contributed by atoms with Crippen LogP contribution in [-0.4, -0.2) is 14.2 Å². The maximum atomic E-state index is 12.6. The first-order valence-corrected chi connectivity index (χ1v) is 11.5. The van der Waals surface area contributed by atoms with Crippen LogP contribution < -0.4 is 5.14 Å². The Morgan fingerprint density at radius 1 is 0.964 bits per heavy atom. The van der Waals surface area contributed by atoms with Crippen molar-refractivity contribution in [2.24, 2.45) is 5.14 Å². The number of primary sulfonamides is 1. The lowest BCUT2D eigenvalue weighted by Crippen LogP contribution is -2.11. The van der Waals surface area contributed by atoms with Crippen molar-refractivity contribution in [3.05, 3.63) is 64.5 Å². The maximum Gasteiger partial charge on any atom is 0.238 e. The van der Waals surface area contributed by atoms with Gasteiger partial charge in [0.2, 0.25) is 10.0 Å². The summed E-state index contributed by atoms with van der Waals surface area (Å²) in [5.74, 6) is 0.0788. The van der Waals surface area contributed by atoms with Crippen LogP contribution in [0.3, 0.4) is 0 Å². The van der Waals surface area contributed by atoms with Gasteiger partial charge in [0.05, 0.1) is 9.77 Å². The Bertz CT molecular complexity index is 1110. The number of carbonyl (C=O) groups is 1. The van der Waals surface area contributed by atoms with Crippen LogP contribution in [0.5, 0.6) is 0 Å². The van der Waals surface area contributed by atoms with Gasteiger partial charge in [-0.2, -0.15) is 0 Å². The second-order valence-corrected chi connectivity index (χ2v) is 9.24. The van der Waals surface area contributed by atoms with E-state index in [-0.39, 0.29) is 10.7 Å². The fraction of sp³-hybridized carbons (Fsp3) is 0.227. The molecule has 4 nitrogen and oxygen atoms in total. The first-order valence-electron chi connectivity index (χ1n) is 9.15. The number of thiophene rings is 1. The minimum atomic E-state index is -3.75. The van der Waals surface area contributed by atoms with Crippen molar-refractivity contribution in [2.75, 3.05) is 0 Å². The third-order valence-corrected chi connectivity index (χ3v) is 7.13. The van der Waals surface area contributed by atoms with Gasteiger partial charge in [0, 0.05) is 16.9 Å². The van der Waals surface area contributed by atoms with E-state index in [0.717, 1.165) is 33.6 Å². The Morgan fingerprint density at radius 2 is 1.54 bits per heavy atom. The zero-order chi connectivity index (χ0) is 20.5. The van der Waals surface area contributed by atoms with Crippen LogP contribution >= 0.6 is 11.3 Å². The zero-order valence-corrected chi connectivity index (χ0v) is 17.8. The Balaban J connectivity index is 2.16. The van der Waals surface area contributed by atoms with E-state index >= 15 is 0 Å². The SMILES string of the molecule is CCC(=O)c1sc(-c2ccc(CC)cc2)c(C)c1-c1ccc(S(N)(=O)=O)cc1. The summed E-state index contributed by atoms with van der Waals surface area (Å²) in [6.07, 6.45) is 1.39. The average Bonchev–Trinajstić information content (AvgIpc) is 3.04. The normalized spacial score (nSPS) is 11.6. The largest absolute Gasteiger partial charge is 0.293 e. The fourth-order valence-corrected chi connectivity index (χ4v) is 5.06. The van der Waals surface area contributed by atoms with Crippen molar-refractivity contribution in [1.29, 1.82) is 0 Å². The number of benzene rings is 2. The number of nitrogens with two attached hydrogens (primary N) is 1. The summed E-state index contributed by atoms with van der Waals surface area (Å²) in [5.41, 5.74) is 5.05. The van der Waals surface area contributed by atoms with E-state index in [1.807, 2.05) is 13.8 Å². The number of rotatable bonds is 6. The molecule has 0 aliphatic carbocycles. The molecule has 3 rings (SSSR count). The molecule has 2 N–H and O–H groups in total. The molecule has 0 unspecified atom stereocenters. The number of Topliss-reactive ketones (excluding diaryl/α,β-unsaturated/α-hetero) is 1. The average molecular weight is 414 g/mol. The van der Waals surface area contributed by atoms with Gasteiger partial charge in [0.15, 0.2) is 5.78 Å². The molecular formula is C22H23NO3S2. The molecule has 0 spiro atoms. The van der Waals surface area contributed by atoms with Crippen LogP contribution in [0.25, 0.3) is 21.6 Å². The van der Waals surface area contributed by atoms with Gasteiger partial charge in [0.25, 0.3) is 0 Å². The van der Waals surface area contributed by atoms with Gasteiger partial charge in [-0.3, -0.25) is 4.79 Å². The molecule has 0 aliphatic heterocycles. The van der Waals surface area contributed by atoms with E-state index in [0.29, 0.717) is 11.3 Å². The van der Waals surface area contributed by atoms with Gasteiger partial charge >= 0.3 is 0 Å². The Labute approximate surface area is 170 Å². The van der Waals surface area contributed by atoms with Crippen molar-refractivity contribution in [2.45, 2.75) is 38.5 Å². The second-order valence-electron chi connectivity index (χ2n) is 6.66.